The third-order valence-corrected chi connectivity index (χ3v) is 5.85. The van der Waals surface area contributed by atoms with E-state index in [1.807, 2.05) is 43.1 Å². The Bertz CT molecular complexity index is 878. The summed E-state index contributed by atoms with van der Waals surface area (Å²) < 4.78 is 5.46. The lowest BCUT2D eigenvalue weighted by atomic mass is 9.99. The molecule has 0 saturated carbocycles. The van der Waals surface area contributed by atoms with Gasteiger partial charge in [0, 0.05) is 12.1 Å². The van der Waals surface area contributed by atoms with Crippen molar-refractivity contribution >= 4 is 22.4 Å². The molecular weight excluding hydrogens is 370 g/mol. The van der Waals surface area contributed by atoms with Gasteiger partial charge in [0.05, 0.1) is 13.0 Å². The van der Waals surface area contributed by atoms with Gasteiger partial charge in [0.15, 0.2) is 0 Å². The van der Waals surface area contributed by atoms with Gasteiger partial charge in [-0.25, -0.2) is 0 Å². The molecule has 2 aromatic rings. The molecule has 0 N–H and O–H groups in total. The molecule has 1 aliphatic carbocycles. The first-order valence-corrected chi connectivity index (χ1v) is 10.5. The zero-order valence-electron chi connectivity index (χ0n) is 16.9. The van der Waals surface area contributed by atoms with E-state index >= 15 is 0 Å². The van der Waals surface area contributed by atoms with E-state index < -0.39 is 0 Å². The van der Waals surface area contributed by atoms with Crippen molar-refractivity contribution < 1.29 is 9.53 Å². The highest BCUT2D eigenvalue weighted by Gasteiger charge is 2.26. The fourth-order valence-corrected chi connectivity index (χ4v) is 4.28. The predicted octanol–water partition coefficient (Wildman–Crippen LogP) is 5.10. The number of carbonyl (C=O) groups is 1. The van der Waals surface area contributed by atoms with E-state index in [1.165, 1.54) is 11.3 Å². The van der Waals surface area contributed by atoms with Crippen LogP contribution in [-0.2, 0) is 4.79 Å². The number of unbranched alkanes of at least 4 members (excludes halogenated alkanes) is 1. The minimum Gasteiger partial charge on any atom is -0.496 e. The number of hydrogen-bond acceptors (Lipinski definition) is 5. The van der Waals surface area contributed by atoms with Gasteiger partial charge >= 0.3 is 0 Å². The van der Waals surface area contributed by atoms with Crippen LogP contribution in [0.5, 0.6) is 5.75 Å². The summed E-state index contributed by atoms with van der Waals surface area (Å²) in [6, 6.07) is 4.12. The molecule has 1 aromatic carbocycles. The van der Waals surface area contributed by atoms with Crippen LogP contribution >= 0.6 is 11.3 Å². The van der Waals surface area contributed by atoms with E-state index in [9.17, 15) is 4.79 Å². The molecule has 0 radical (unpaired) electrons. The van der Waals surface area contributed by atoms with Crippen molar-refractivity contribution in [3.8, 4) is 16.3 Å². The van der Waals surface area contributed by atoms with Crippen molar-refractivity contribution in [2.75, 3.05) is 18.6 Å². The molecule has 1 unspecified atom stereocenters. The molecule has 0 spiro atoms. The Morgan fingerprint density at radius 3 is 2.61 bits per heavy atom. The van der Waals surface area contributed by atoms with Gasteiger partial charge in [-0.15, -0.1) is 10.2 Å². The molecule has 1 amide bonds. The van der Waals surface area contributed by atoms with E-state index in [2.05, 4.69) is 29.3 Å². The average Bonchev–Trinajstić information content (AvgIpc) is 3.18. The van der Waals surface area contributed by atoms with E-state index in [0.29, 0.717) is 11.7 Å². The standard InChI is InChI=1S/C22H27N3O2S/c1-5-6-12-25(21(26)17-10-8-7-9-11-17)22-24-23-20(28-22)18-13-15(2)19(27-4)16(3)14-18/h7-10,13-14,17H,5-6,11-12H2,1-4H3. The number of rotatable bonds is 7. The van der Waals surface area contributed by atoms with Crippen LogP contribution in [0.25, 0.3) is 10.6 Å². The van der Waals surface area contributed by atoms with Crippen molar-refractivity contribution in [3.63, 3.8) is 0 Å². The molecule has 0 bridgehead atoms. The summed E-state index contributed by atoms with van der Waals surface area (Å²) in [5.74, 6) is 0.865. The van der Waals surface area contributed by atoms with Crippen LogP contribution in [0.1, 0.15) is 37.3 Å². The number of methoxy groups -OCH3 is 1. The third-order valence-electron chi connectivity index (χ3n) is 4.86. The molecule has 28 heavy (non-hydrogen) atoms. The Morgan fingerprint density at radius 2 is 2.00 bits per heavy atom. The summed E-state index contributed by atoms with van der Waals surface area (Å²) in [6.07, 6.45) is 10.6. The highest BCUT2D eigenvalue weighted by Crippen LogP contribution is 2.34. The maximum Gasteiger partial charge on any atom is 0.236 e. The molecule has 1 aromatic heterocycles. The number of aromatic nitrogens is 2. The molecule has 148 valence electrons. The number of aryl methyl sites for hydroxylation is 2. The van der Waals surface area contributed by atoms with Crippen LogP contribution in [0, 0.1) is 19.8 Å². The van der Waals surface area contributed by atoms with Crippen LogP contribution in [0.2, 0.25) is 0 Å². The summed E-state index contributed by atoms with van der Waals surface area (Å²) in [6.45, 7) is 6.84. The van der Waals surface area contributed by atoms with Gasteiger partial charge in [-0.3, -0.25) is 9.69 Å². The quantitative estimate of drug-likeness (QED) is 0.652. The summed E-state index contributed by atoms with van der Waals surface area (Å²) in [7, 11) is 1.68. The van der Waals surface area contributed by atoms with E-state index in [0.717, 1.165) is 46.7 Å². The number of allylic oxidation sites excluding steroid dienone is 3. The first-order chi connectivity index (χ1) is 13.5. The Hall–Kier alpha value is -2.47. The largest absolute Gasteiger partial charge is 0.496 e. The average molecular weight is 398 g/mol. The number of hydrogen-bond donors (Lipinski definition) is 0. The van der Waals surface area contributed by atoms with Crippen LogP contribution in [0.4, 0.5) is 5.13 Å². The fourth-order valence-electron chi connectivity index (χ4n) is 3.42. The fraction of sp³-hybridized carbons (Fsp3) is 0.409. The number of ether oxygens (including phenoxy) is 1. The van der Waals surface area contributed by atoms with Crippen molar-refractivity contribution in [1.29, 1.82) is 0 Å². The second-order valence-corrected chi connectivity index (χ2v) is 7.99. The maximum absolute atomic E-state index is 13.1. The monoisotopic (exact) mass is 397 g/mol. The Balaban J connectivity index is 1.89. The zero-order valence-corrected chi connectivity index (χ0v) is 17.8. The minimum atomic E-state index is -0.125. The number of benzene rings is 1. The lowest BCUT2D eigenvalue weighted by Gasteiger charge is -2.23. The van der Waals surface area contributed by atoms with Crippen molar-refractivity contribution in [1.82, 2.24) is 10.2 Å². The number of anilines is 1. The summed E-state index contributed by atoms with van der Waals surface area (Å²) in [5.41, 5.74) is 3.13. The molecule has 0 fully saturated rings. The van der Waals surface area contributed by atoms with Crippen molar-refractivity contribution in [2.24, 2.45) is 5.92 Å². The van der Waals surface area contributed by atoms with E-state index in [1.54, 1.807) is 7.11 Å². The molecule has 6 heteroatoms. The van der Waals surface area contributed by atoms with Gasteiger partial charge in [-0.1, -0.05) is 49.0 Å². The third kappa shape index (κ3) is 4.33. The molecule has 1 atom stereocenters. The van der Waals surface area contributed by atoms with Crippen LogP contribution in [0.15, 0.2) is 36.4 Å². The van der Waals surface area contributed by atoms with Crippen molar-refractivity contribution in [3.05, 3.63) is 47.6 Å². The van der Waals surface area contributed by atoms with Gasteiger partial charge in [0.1, 0.15) is 10.8 Å². The van der Waals surface area contributed by atoms with Crippen molar-refractivity contribution in [2.45, 2.75) is 40.0 Å². The smallest absolute Gasteiger partial charge is 0.236 e. The summed E-state index contributed by atoms with van der Waals surface area (Å²) in [5, 5.41) is 10.2. The topological polar surface area (TPSA) is 55.3 Å². The van der Waals surface area contributed by atoms with Gasteiger partial charge in [-0.2, -0.15) is 0 Å². The van der Waals surface area contributed by atoms with E-state index in [-0.39, 0.29) is 11.8 Å². The Labute approximate surface area is 170 Å². The van der Waals surface area contributed by atoms with Crippen LogP contribution in [-0.4, -0.2) is 29.8 Å². The summed E-state index contributed by atoms with van der Waals surface area (Å²) in [4.78, 5) is 14.9. The highest BCUT2D eigenvalue weighted by molar-refractivity contribution is 7.18. The SMILES string of the molecule is CCCCN(C(=O)C1C=CC=CC1)c1nnc(-c2cc(C)c(OC)c(C)c2)s1. The lowest BCUT2D eigenvalue weighted by molar-refractivity contribution is -0.121. The molecule has 1 heterocycles. The predicted molar refractivity (Wildman–Crippen MR) is 115 cm³/mol. The first kappa shape index (κ1) is 20.3. The van der Waals surface area contributed by atoms with Gasteiger partial charge in [0.2, 0.25) is 11.0 Å². The zero-order chi connectivity index (χ0) is 20.1. The van der Waals surface area contributed by atoms with Crippen LogP contribution < -0.4 is 9.64 Å². The molecule has 5 nitrogen and oxygen atoms in total. The van der Waals surface area contributed by atoms with Gasteiger partial charge in [-0.05, 0) is 49.9 Å². The van der Waals surface area contributed by atoms with Gasteiger partial charge < -0.3 is 4.74 Å². The Kier molecular flexibility index (Phi) is 6.62. The second-order valence-electron chi connectivity index (χ2n) is 7.03. The molecule has 0 aliphatic heterocycles. The van der Waals surface area contributed by atoms with Crippen LogP contribution in [0.3, 0.4) is 0 Å². The number of amides is 1. The molecule has 3 rings (SSSR count). The molecular formula is C22H27N3O2S. The lowest BCUT2D eigenvalue weighted by Crippen LogP contribution is -2.36. The second kappa shape index (κ2) is 9.15. The summed E-state index contributed by atoms with van der Waals surface area (Å²) >= 11 is 1.47. The van der Waals surface area contributed by atoms with Gasteiger partial charge in [0.25, 0.3) is 0 Å². The minimum absolute atomic E-state index is 0.0962. The maximum atomic E-state index is 13.1. The first-order valence-electron chi connectivity index (χ1n) is 9.69. The van der Waals surface area contributed by atoms with E-state index in [4.69, 9.17) is 4.74 Å². The number of nitrogens with zero attached hydrogens (tertiary/aromatic N) is 3. The number of carbonyl (C=O) groups excluding carboxylic acids is 1. The Morgan fingerprint density at radius 1 is 1.25 bits per heavy atom. The highest BCUT2D eigenvalue weighted by atomic mass is 32.1. The normalized spacial score (nSPS) is 15.6. The molecule has 1 aliphatic rings. The molecule has 0 saturated heterocycles.